The maximum Gasteiger partial charge on any atom is 0.163 e. The van der Waals surface area contributed by atoms with Gasteiger partial charge in [-0.2, -0.15) is 10.4 Å². The van der Waals surface area contributed by atoms with Crippen LogP contribution in [0.5, 0.6) is 0 Å². The second-order valence-corrected chi connectivity index (χ2v) is 2.99. The molecule has 0 unspecified atom stereocenters. The number of hydrogen-bond donors (Lipinski definition) is 1. The van der Waals surface area contributed by atoms with Crippen molar-refractivity contribution in [1.82, 2.24) is 19.7 Å². The first-order valence-electron chi connectivity index (χ1n) is 4.58. The predicted octanol–water partition coefficient (Wildman–Crippen LogP) is 0.782. The van der Waals surface area contributed by atoms with E-state index < -0.39 is 0 Å². The van der Waals surface area contributed by atoms with Crippen LogP contribution in [0.25, 0.3) is 11.0 Å². The largest absolute Gasteiger partial charge is 0.372 e. The van der Waals surface area contributed by atoms with Crippen LogP contribution in [-0.4, -0.2) is 26.8 Å². The third-order valence-electron chi connectivity index (χ3n) is 2.11. The van der Waals surface area contributed by atoms with Gasteiger partial charge in [0.05, 0.1) is 30.6 Å². The van der Waals surface area contributed by atoms with Crippen LogP contribution in [0.1, 0.15) is 6.42 Å². The number of aryl methyl sites for hydroxylation is 1. The van der Waals surface area contributed by atoms with Crippen LogP contribution in [0.2, 0.25) is 0 Å². The molecule has 2 rings (SSSR count). The maximum absolute atomic E-state index is 8.50. The van der Waals surface area contributed by atoms with E-state index in [9.17, 15) is 0 Å². The second-order valence-electron chi connectivity index (χ2n) is 2.99. The number of nitriles is 1. The van der Waals surface area contributed by atoms with Crippen molar-refractivity contribution in [3.05, 3.63) is 12.5 Å². The van der Waals surface area contributed by atoms with Crippen molar-refractivity contribution in [2.45, 2.75) is 13.0 Å². The molecular formula is C9H10N6. The molecule has 6 heteroatoms. The van der Waals surface area contributed by atoms with Crippen LogP contribution >= 0.6 is 0 Å². The van der Waals surface area contributed by atoms with E-state index in [1.807, 2.05) is 0 Å². The summed E-state index contributed by atoms with van der Waals surface area (Å²) < 4.78 is 1.71. The first-order chi connectivity index (χ1) is 7.36. The summed E-state index contributed by atoms with van der Waals surface area (Å²) in [4.78, 5) is 8.22. The highest BCUT2D eigenvalue weighted by Gasteiger charge is 2.07. The van der Waals surface area contributed by atoms with Crippen LogP contribution in [0.3, 0.4) is 0 Å². The number of anilines is 1. The van der Waals surface area contributed by atoms with Crippen molar-refractivity contribution in [2.24, 2.45) is 0 Å². The van der Waals surface area contributed by atoms with Crippen molar-refractivity contribution < 1.29 is 0 Å². The lowest BCUT2D eigenvalue weighted by molar-refractivity contribution is 0.643. The summed E-state index contributed by atoms with van der Waals surface area (Å²) in [7, 11) is 1.80. The highest BCUT2D eigenvalue weighted by atomic mass is 15.3. The van der Waals surface area contributed by atoms with Gasteiger partial charge < -0.3 is 5.32 Å². The van der Waals surface area contributed by atoms with Crippen LogP contribution in [0.4, 0.5) is 5.82 Å². The highest BCUT2D eigenvalue weighted by molar-refractivity contribution is 5.85. The fourth-order valence-corrected chi connectivity index (χ4v) is 1.41. The zero-order chi connectivity index (χ0) is 10.7. The summed E-state index contributed by atoms with van der Waals surface area (Å²) in [6.07, 6.45) is 3.62. The Kier molecular flexibility index (Phi) is 2.46. The van der Waals surface area contributed by atoms with Crippen LogP contribution in [-0.2, 0) is 6.54 Å². The van der Waals surface area contributed by atoms with E-state index in [1.54, 1.807) is 17.9 Å². The monoisotopic (exact) mass is 202 g/mol. The molecule has 2 aromatic rings. The molecule has 0 saturated carbocycles. The maximum atomic E-state index is 8.50. The fraction of sp³-hybridized carbons (Fsp3) is 0.333. The van der Waals surface area contributed by atoms with Crippen molar-refractivity contribution in [3.63, 3.8) is 0 Å². The summed E-state index contributed by atoms with van der Waals surface area (Å²) in [6.45, 7) is 0.556. The van der Waals surface area contributed by atoms with E-state index in [0.29, 0.717) is 13.0 Å². The molecule has 2 aromatic heterocycles. The predicted molar refractivity (Wildman–Crippen MR) is 55.1 cm³/mol. The zero-order valence-electron chi connectivity index (χ0n) is 8.30. The Bertz CT molecular complexity index is 509. The molecule has 0 aliphatic carbocycles. The molecule has 0 bridgehead atoms. The number of fused-ring (bicyclic) bond motifs is 1. The number of aromatic nitrogens is 4. The van der Waals surface area contributed by atoms with Gasteiger partial charge in [-0.15, -0.1) is 0 Å². The lowest BCUT2D eigenvalue weighted by Crippen LogP contribution is -2.01. The van der Waals surface area contributed by atoms with E-state index in [-0.39, 0.29) is 0 Å². The smallest absolute Gasteiger partial charge is 0.163 e. The number of nitrogens with zero attached hydrogens (tertiary/aromatic N) is 5. The molecule has 76 valence electrons. The van der Waals surface area contributed by atoms with Crippen LogP contribution in [0.15, 0.2) is 12.5 Å². The SMILES string of the molecule is CNc1ncnc2c1cnn2CCC#N. The summed E-state index contributed by atoms with van der Waals surface area (Å²) in [5.74, 6) is 0.753. The first-order valence-corrected chi connectivity index (χ1v) is 4.58. The van der Waals surface area contributed by atoms with Crippen molar-refractivity contribution in [2.75, 3.05) is 12.4 Å². The van der Waals surface area contributed by atoms with Gasteiger partial charge in [0.1, 0.15) is 12.1 Å². The Balaban J connectivity index is 2.47. The van der Waals surface area contributed by atoms with Gasteiger partial charge in [-0.05, 0) is 0 Å². The second kappa shape index (κ2) is 3.92. The molecule has 0 aromatic carbocycles. The average Bonchev–Trinajstić information content (AvgIpc) is 2.69. The molecule has 0 atom stereocenters. The van der Waals surface area contributed by atoms with E-state index in [4.69, 9.17) is 5.26 Å². The summed E-state index contributed by atoms with van der Waals surface area (Å²) in [5.41, 5.74) is 0.754. The lowest BCUT2D eigenvalue weighted by Gasteiger charge is -2.00. The Morgan fingerprint density at radius 3 is 3.13 bits per heavy atom. The van der Waals surface area contributed by atoms with Crippen LogP contribution < -0.4 is 5.32 Å². The third kappa shape index (κ3) is 1.59. The summed E-state index contributed by atoms with van der Waals surface area (Å²) in [5, 5.41) is 16.5. The van der Waals surface area contributed by atoms with Crippen molar-refractivity contribution in [1.29, 1.82) is 5.26 Å². The molecule has 1 N–H and O–H groups in total. The Hall–Kier alpha value is -2.16. The van der Waals surface area contributed by atoms with Gasteiger partial charge >= 0.3 is 0 Å². The minimum Gasteiger partial charge on any atom is -0.372 e. The van der Waals surface area contributed by atoms with Crippen molar-refractivity contribution in [3.8, 4) is 6.07 Å². The molecule has 2 heterocycles. The molecule has 0 fully saturated rings. The van der Waals surface area contributed by atoms with E-state index in [0.717, 1.165) is 16.9 Å². The fourth-order valence-electron chi connectivity index (χ4n) is 1.41. The minimum absolute atomic E-state index is 0.426. The van der Waals surface area contributed by atoms with Gasteiger partial charge in [-0.3, -0.25) is 0 Å². The van der Waals surface area contributed by atoms with Gasteiger partial charge in [0.2, 0.25) is 0 Å². The summed E-state index contributed by atoms with van der Waals surface area (Å²) >= 11 is 0. The topological polar surface area (TPSA) is 79.4 Å². The molecule has 15 heavy (non-hydrogen) atoms. The molecule has 0 saturated heterocycles. The number of nitrogens with one attached hydrogen (secondary N) is 1. The molecule has 0 aliphatic heterocycles. The molecule has 0 amide bonds. The van der Waals surface area contributed by atoms with Gasteiger partial charge in [0, 0.05) is 7.05 Å². The molecule has 0 aliphatic rings. The first kappa shape index (κ1) is 9.40. The normalized spacial score (nSPS) is 10.1. The quantitative estimate of drug-likeness (QED) is 0.795. The molecule has 0 radical (unpaired) electrons. The zero-order valence-corrected chi connectivity index (χ0v) is 8.30. The van der Waals surface area contributed by atoms with Crippen LogP contribution in [0, 0.1) is 11.3 Å². The molecule has 0 spiro atoms. The molecule has 6 nitrogen and oxygen atoms in total. The Morgan fingerprint density at radius 2 is 2.40 bits per heavy atom. The highest BCUT2D eigenvalue weighted by Crippen LogP contribution is 2.17. The number of rotatable bonds is 3. The van der Waals surface area contributed by atoms with E-state index in [2.05, 4.69) is 26.5 Å². The Morgan fingerprint density at radius 1 is 1.53 bits per heavy atom. The number of hydrogen-bond acceptors (Lipinski definition) is 5. The van der Waals surface area contributed by atoms with Crippen molar-refractivity contribution >= 4 is 16.9 Å². The minimum atomic E-state index is 0.426. The van der Waals surface area contributed by atoms with Gasteiger partial charge in [0.15, 0.2) is 5.65 Å². The van der Waals surface area contributed by atoms with Gasteiger partial charge in [0.25, 0.3) is 0 Å². The third-order valence-corrected chi connectivity index (χ3v) is 2.11. The summed E-state index contributed by atoms with van der Waals surface area (Å²) in [6, 6.07) is 2.08. The Labute approximate surface area is 86.6 Å². The van der Waals surface area contributed by atoms with E-state index in [1.165, 1.54) is 6.33 Å². The van der Waals surface area contributed by atoms with Gasteiger partial charge in [-0.1, -0.05) is 0 Å². The van der Waals surface area contributed by atoms with E-state index >= 15 is 0 Å². The standard InChI is InChI=1S/C9H10N6/c1-11-8-7-5-14-15(4-2-3-10)9(7)13-6-12-8/h5-6H,2,4H2,1H3,(H,11,12,13). The van der Waals surface area contributed by atoms with Gasteiger partial charge in [-0.25, -0.2) is 14.6 Å². The lowest BCUT2D eigenvalue weighted by atomic mass is 10.4. The average molecular weight is 202 g/mol. The molecular weight excluding hydrogens is 192 g/mol.